The third-order valence-corrected chi connectivity index (χ3v) is 4.03. The average Bonchev–Trinajstić information content (AvgIpc) is 2.33. The molecule has 1 aromatic rings. The molecular formula is C12H18N2O4S. The predicted molar refractivity (Wildman–Crippen MR) is 73.5 cm³/mol. The maximum atomic E-state index is 11.6. The van der Waals surface area contributed by atoms with Crippen LogP contribution in [0.5, 0.6) is 0 Å². The number of carbonyl (C=O) groups is 1. The molecule has 0 saturated heterocycles. The van der Waals surface area contributed by atoms with Crippen LogP contribution in [0.15, 0.2) is 24.3 Å². The Morgan fingerprint density at radius 2 is 2.00 bits per heavy atom. The minimum atomic E-state index is -3.38. The van der Waals surface area contributed by atoms with E-state index in [1.807, 2.05) is 0 Å². The molecule has 0 bridgehead atoms. The summed E-state index contributed by atoms with van der Waals surface area (Å²) in [5, 5.41) is 8.66. The summed E-state index contributed by atoms with van der Waals surface area (Å²) in [6.07, 6.45) is 1.30. The molecule has 1 atom stereocenters. The van der Waals surface area contributed by atoms with E-state index in [0.717, 1.165) is 10.6 Å². The van der Waals surface area contributed by atoms with E-state index >= 15 is 0 Å². The molecule has 0 amide bonds. The summed E-state index contributed by atoms with van der Waals surface area (Å²) in [7, 11) is -1.94. The molecule has 19 heavy (non-hydrogen) atoms. The molecule has 0 aliphatic carbocycles. The number of carboxylic acids is 1. The van der Waals surface area contributed by atoms with Crippen LogP contribution in [0, 0.1) is 0 Å². The molecule has 1 rings (SSSR count). The summed E-state index contributed by atoms with van der Waals surface area (Å²) in [6, 6.07) is 6.30. The highest BCUT2D eigenvalue weighted by molar-refractivity contribution is 7.92. The number of para-hydroxylation sites is 1. The summed E-state index contributed by atoms with van der Waals surface area (Å²) in [5.74, 6) is -0.926. The largest absolute Gasteiger partial charge is 0.481 e. The molecule has 0 aliphatic heterocycles. The van der Waals surface area contributed by atoms with Crippen LogP contribution in [0.2, 0.25) is 0 Å². The number of anilines is 1. The maximum absolute atomic E-state index is 11.6. The van der Waals surface area contributed by atoms with Gasteiger partial charge in [-0.1, -0.05) is 18.2 Å². The minimum absolute atomic E-state index is 0.0575. The number of carboxylic acid groups (broad SMARTS) is 1. The van der Waals surface area contributed by atoms with Crippen LogP contribution in [0.25, 0.3) is 0 Å². The van der Waals surface area contributed by atoms with Crippen molar-refractivity contribution < 1.29 is 18.3 Å². The van der Waals surface area contributed by atoms with Crippen LogP contribution in [0.1, 0.15) is 24.4 Å². The third kappa shape index (κ3) is 4.22. The Hall–Kier alpha value is -1.60. The first-order chi connectivity index (χ1) is 8.73. The number of hydrogen-bond acceptors (Lipinski definition) is 4. The molecule has 0 aromatic heterocycles. The molecule has 1 aromatic carbocycles. The van der Waals surface area contributed by atoms with Gasteiger partial charge in [-0.05, 0) is 18.1 Å². The van der Waals surface area contributed by atoms with E-state index in [-0.39, 0.29) is 12.8 Å². The van der Waals surface area contributed by atoms with Crippen LogP contribution >= 0.6 is 0 Å². The molecule has 3 N–H and O–H groups in total. The SMILES string of the molecule is CN(c1ccccc1C(N)CCC(=O)O)S(C)(=O)=O. The Morgan fingerprint density at radius 1 is 1.42 bits per heavy atom. The van der Waals surface area contributed by atoms with Crippen molar-refractivity contribution in [3.8, 4) is 0 Å². The Morgan fingerprint density at radius 3 is 2.53 bits per heavy atom. The zero-order chi connectivity index (χ0) is 14.6. The third-order valence-electron chi connectivity index (χ3n) is 2.84. The first kappa shape index (κ1) is 15.5. The van der Waals surface area contributed by atoms with Gasteiger partial charge in [-0.15, -0.1) is 0 Å². The van der Waals surface area contributed by atoms with Crippen molar-refractivity contribution in [1.82, 2.24) is 0 Å². The monoisotopic (exact) mass is 286 g/mol. The molecule has 0 radical (unpaired) electrons. The van der Waals surface area contributed by atoms with Gasteiger partial charge in [0.25, 0.3) is 0 Å². The number of nitrogens with two attached hydrogens (primary N) is 1. The number of sulfonamides is 1. The lowest BCUT2D eigenvalue weighted by Gasteiger charge is -2.23. The number of benzene rings is 1. The summed E-state index contributed by atoms with van der Waals surface area (Å²) in [6.45, 7) is 0. The number of aliphatic carboxylic acids is 1. The molecule has 0 fully saturated rings. The maximum Gasteiger partial charge on any atom is 0.303 e. The van der Waals surface area contributed by atoms with Gasteiger partial charge in [0.1, 0.15) is 0 Å². The first-order valence-electron chi connectivity index (χ1n) is 5.73. The minimum Gasteiger partial charge on any atom is -0.481 e. The van der Waals surface area contributed by atoms with Crippen LogP contribution in [-0.4, -0.2) is 32.8 Å². The van der Waals surface area contributed by atoms with Gasteiger partial charge in [0, 0.05) is 19.5 Å². The fourth-order valence-electron chi connectivity index (χ4n) is 1.70. The second kappa shape index (κ2) is 6.03. The van der Waals surface area contributed by atoms with Crippen molar-refractivity contribution in [2.45, 2.75) is 18.9 Å². The highest BCUT2D eigenvalue weighted by atomic mass is 32.2. The molecule has 1 unspecified atom stereocenters. The summed E-state index contributed by atoms with van der Waals surface area (Å²) in [4.78, 5) is 10.6. The Labute approximate surface area is 112 Å². The smallest absolute Gasteiger partial charge is 0.303 e. The van der Waals surface area contributed by atoms with E-state index in [1.165, 1.54) is 7.05 Å². The average molecular weight is 286 g/mol. The summed E-state index contributed by atoms with van der Waals surface area (Å²) >= 11 is 0. The fourth-order valence-corrected chi connectivity index (χ4v) is 2.22. The number of hydrogen-bond donors (Lipinski definition) is 2. The predicted octanol–water partition coefficient (Wildman–Crippen LogP) is 0.947. The molecule has 0 heterocycles. The zero-order valence-electron chi connectivity index (χ0n) is 10.9. The lowest BCUT2D eigenvalue weighted by Crippen LogP contribution is -2.27. The van der Waals surface area contributed by atoms with Gasteiger partial charge in [-0.25, -0.2) is 8.42 Å². The second-order valence-electron chi connectivity index (χ2n) is 4.33. The Balaban J connectivity index is 3.05. The second-order valence-corrected chi connectivity index (χ2v) is 6.34. The van der Waals surface area contributed by atoms with Gasteiger partial charge in [0.2, 0.25) is 10.0 Å². The van der Waals surface area contributed by atoms with E-state index in [0.29, 0.717) is 11.3 Å². The standard InChI is InChI=1S/C12H18N2O4S/c1-14(19(2,17)18)11-6-4-3-5-9(11)10(13)7-8-12(15)16/h3-6,10H,7-8,13H2,1-2H3,(H,15,16). The van der Waals surface area contributed by atoms with E-state index in [9.17, 15) is 13.2 Å². The Bertz CT molecular complexity index is 557. The fraction of sp³-hybridized carbons (Fsp3) is 0.417. The Kier molecular flexibility index (Phi) is 4.90. The van der Waals surface area contributed by atoms with Crippen molar-refractivity contribution in [2.75, 3.05) is 17.6 Å². The molecule has 6 nitrogen and oxygen atoms in total. The van der Waals surface area contributed by atoms with Crippen molar-refractivity contribution in [3.63, 3.8) is 0 Å². The summed E-state index contributed by atoms with van der Waals surface area (Å²) in [5.41, 5.74) is 7.04. The van der Waals surface area contributed by atoms with E-state index in [4.69, 9.17) is 10.8 Å². The highest BCUT2D eigenvalue weighted by Gasteiger charge is 2.19. The molecule has 7 heteroatoms. The molecule has 0 spiro atoms. The number of nitrogens with zero attached hydrogens (tertiary/aromatic N) is 1. The zero-order valence-corrected chi connectivity index (χ0v) is 11.7. The first-order valence-corrected chi connectivity index (χ1v) is 7.58. The van der Waals surface area contributed by atoms with Crippen LogP contribution in [0.4, 0.5) is 5.69 Å². The van der Waals surface area contributed by atoms with Crippen molar-refractivity contribution in [2.24, 2.45) is 5.73 Å². The summed E-state index contributed by atoms with van der Waals surface area (Å²) < 4.78 is 24.3. The molecule has 106 valence electrons. The van der Waals surface area contributed by atoms with E-state index in [2.05, 4.69) is 0 Å². The van der Waals surface area contributed by atoms with Crippen molar-refractivity contribution >= 4 is 21.7 Å². The van der Waals surface area contributed by atoms with Crippen LogP contribution in [0.3, 0.4) is 0 Å². The van der Waals surface area contributed by atoms with Crippen molar-refractivity contribution in [1.29, 1.82) is 0 Å². The van der Waals surface area contributed by atoms with Crippen molar-refractivity contribution in [3.05, 3.63) is 29.8 Å². The normalized spacial score (nSPS) is 13.0. The van der Waals surface area contributed by atoms with E-state index in [1.54, 1.807) is 24.3 Å². The van der Waals surface area contributed by atoms with Crippen LogP contribution < -0.4 is 10.0 Å². The van der Waals surface area contributed by atoms with Crippen LogP contribution in [-0.2, 0) is 14.8 Å². The highest BCUT2D eigenvalue weighted by Crippen LogP contribution is 2.28. The lowest BCUT2D eigenvalue weighted by atomic mass is 10.0. The van der Waals surface area contributed by atoms with E-state index < -0.39 is 22.0 Å². The van der Waals surface area contributed by atoms with Gasteiger partial charge < -0.3 is 10.8 Å². The van der Waals surface area contributed by atoms with Gasteiger partial charge in [0.15, 0.2) is 0 Å². The van der Waals surface area contributed by atoms with Gasteiger partial charge >= 0.3 is 5.97 Å². The molecular weight excluding hydrogens is 268 g/mol. The van der Waals surface area contributed by atoms with Gasteiger partial charge in [-0.3, -0.25) is 9.10 Å². The topological polar surface area (TPSA) is 101 Å². The van der Waals surface area contributed by atoms with Gasteiger partial charge in [0.05, 0.1) is 11.9 Å². The van der Waals surface area contributed by atoms with Gasteiger partial charge in [-0.2, -0.15) is 0 Å². The number of rotatable bonds is 6. The molecule has 0 aliphatic rings. The lowest BCUT2D eigenvalue weighted by molar-refractivity contribution is -0.137. The molecule has 0 saturated carbocycles. The quantitative estimate of drug-likeness (QED) is 0.810.